The molecule has 2 fully saturated rings. The first-order chi connectivity index (χ1) is 27.2. The third kappa shape index (κ3) is 21.2. The van der Waals surface area contributed by atoms with Crippen molar-refractivity contribution in [1.82, 2.24) is 9.80 Å². The van der Waals surface area contributed by atoms with Crippen LogP contribution in [-0.4, -0.2) is 113 Å². The molecule has 3 aliphatic rings. The molecule has 2 spiro atoms. The van der Waals surface area contributed by atoms with Crippen LogP contribution in [0.1, 0.15) is 89.9 Å². The Morgan fingerprint density at radius 1 is 0.500 bits per heavy atom. The number of carbonyl (C=O) groups excluding carboxylic acids is 2. The zero-order valence-corrected chi connectivity index (χ0v) is 34.7. The molecule has 0 aromatic heterocycles. The summed E-state index contributed by atoms with van der Waals surface area (Å²) in [6.07, 6.45) is 42.4. The van der Waals surface area contributed by atoms with E-state index in [0.717, 1.165) is 51.6 Å². The number of nitrogens with zero attached hydrogens (tertiary/aromatic N) is 2. The van der Waals surface area contributed by atoms with E-state index in [0.29, 0.717) is 64.6 Å². The van der Waals surface area contributed by atoms with Crippen LogP contribution in [0.15, 0.2) is 97.2 Å². The van der Waals surface area contributed by atoms with Gasteiger partial charge in [-0.05, 0) is 79.6 Å². The van der Waals surface area contributed by atoms with E-state index in [1.807, 2.05) is 36.5 Å². The smallest absolute Gasteiger partial charge is 0.306 e. The summed E-state index contributed by atoms with van der Waals surface area (Å²) in [4.78, 5) is 28.8. The normalized spacial score (nSPS) is 32.4. The van der Waals surface area contributed by atoms with Crippen LogP contribution in [0.2, 0.25) is 0 Å². The molecule has 0 aliphatic carbocycles. The minimum Gasteiger partial charge on any atom is -0.461 e. The van der Waals surface area contributed by atoms with E-state index in [4.69, 9.17) is 28.4 Å². The maximum atomic E-state index is 12.2. The molecule has 3 rings (SSSR count). The second-order valence-electron chi connectivity index (χ2n) is 15.1. The Bertz CT molecular complexity index is 1190. The number of carbonyl (C=O) groups is 2. The SMILES string of the molecule is CN(C)CCC1COC2(C/C=C/C/C=C/CCC(=O)OC/C=C/C/C=C/CC3(C/C=C/C/C=C/COC(=O)CC/C=C/C/C=C/C2)OCC(CCN(C)C)O3)O1. The molecule has 2 saturated heterocycles. The summed E-state index contributed by atoms with van der Waals surface area (Å²) in [7, 11) is 8.26. The van der Waals surface area contributed by atoms with E-state index in [2.05, 4.69) is 98.8 Å². The molecule has 0 aromatic carbocycles. The van der Waals surface area contributed by atoms with Crippen molar-refractivity contribution in [2.24, 2.45) is 0 Å². The van der Waals surface area contributed by atoms with Crippen molar-refractivity contribution in [1.29, 1.82) is 0 Å². The highest BCUT2D eigenvalue weighted by Gasteiger charge is 2.40. The first-order valence-electron chi connectivity index (χ1n) is 20.6. The summed E-state index contributed by atoms with van der Waals surface area (Å²) in [5.74, 6) is -1.77. The van der Waals surface area contributed by atoms with Gasteiger partial charge in [-0.1, -0.05) is 97.2 Å². The Hall–Kier alpha value is -3.38. The first kappa shape index (κ1) is 47.0. The minimum absolute atomic E-state index is 0.0601. The van der Waals surface area contributed by atoms with Crippen molar-refractivity contribution in [2.45, 2.75) is 114 Å². The van der Waals surface area contributed by atoms with Gasteiger partial charge in [-0.3, -0.25) is 9.59 Å². The molecule has 10 heteroatoms. The molecule has 0 radical (unpaired) electrons. The number of allylic oxidation sites excluding steroid dienone is 10. The lowest BCUT2D eigenvalue weighted by Gasteiger charge is -2.26. The molecule has 3 aliphatic heterocycles. The summed E-state index contributed by atoms with van der Waals surface area (Å²) in [5.41, 5.74) is 0. The molecule has 2 unspecified atom stereocenters. The molecular weight excluding hydrogens is 709 g/mol. The van der Waals surface area contributed by atoms with Gasteiger partial charge in [-0.15, -0.1) is 0 Å². The van der Waals surface area contributed by atoms with E-state index < -0.39 is 11.6 Å². The van der Waals surface area contributed by atoms with E-state index in [-0.39, 0.29) is 37.4 Å². The maximum Gasteiger partial charge on any atom is 0.306 e. The van der Waals surface area contributed by atoms with Crippen LogP contribution in [0, 0.1) is 0 Å². The molecule has 0 N–H and O–H groups in total. The van der Waals surface area contributed by atoms with E-state index in [1.165, 1.54) is 0 Å². The van der Waals surface area contributed by atoms with E-state index in [1.54, 1.807) is 0 Å². The van der Waals surface area contributed by atoms with Gasteiger partial charge in [-0.25, -0.2) is 0 Å². The molecule has 0 saturated carbocycles. The van der Waals surface area contributed by atoms with Gasteiger partial charge >= 0.3 is 11.9 Å². The fraction of sp³-hybridized carbons (Fsp3) is 0.609. The van der Waals surface area contributed by atoms with E-state index >= 15 is 0 Å². The lowest BCUT2D eigenvalue weighted by Crippen LogP contribution is -2.30. The van der Waals surface area contributed by atoms with Gasteiger partial charge < -0.3 is 38.2 Å². The molecule has 312 valence electrons. The number of ether oxygens (including phenoxy) is 6. The standard InChI is InChI=1S/C46H70N2O8/c1-47(2)35-29-41-39-53-45(55-41)31-21-13-7-5-11-19-27-43(49)51-37-25-17-9-15-23-33-46(54-40-42(56-46)30-36-48(3)4)34-24-16-10-18-26-38-52-44(50)28-20-12-6-8-14-22-32-45/h5-6,11-18,21-26,41-42H,7-10,19-20,27-40H2,1-4H3/b11-5+,12-6+,21-13+,22-14+,23-15+,24-16+,25-17+,26-18+. The highest BCUT2D eigenvalue weighted by molar-refractivity contribution is 5.70. The molecule has 0 bridgehead atoms. The highest BCUT2D eigenvalue weighted by atomic mass is 16.7. The lowest BCUT2D eigenvalue weighted by atomic mass is 10.1. The summed E-state index contributed by atoms with van der Waals surface area (Å²) < 4.78 is 36.3. The second kappa shape index (κ2) is 28.1. The molecular formula is C46H70N2O8. The zero-order valence-electron chi connectivity index (χ0n) is 34.7. The van der Waals surface area contributed by atoms with Crippen LogP contribution in [0.25, 0.3) is 0 Å². The van der Waals surface area contributed by atoms with Crippen molar-refractivity contribution in [3.05, 3.63) is 97.2 Å². The highest BCUT2D eigenvalue weighted by Crippen LogP contribution is 2.34. The second-order valence-corrected chi connectivity index (χ2v) is 15.1. The molecule has 56 heavy (non-hydrogen) atoms. The van der Waals surface area contributed by atoms with Crippen molar-refractivity contribution in [2.75, 3.05) is 67.7 Å². The van der Waals surface area contributed by atoms with Gasteiger partial charge in [0.25, 0.3) is 0 Å². The van der Waals surface area contributed by atoms with Gasteiger partial charge in [0.05, 0.1) is 25.4 Å². The third-order valence-corrected chi connectivity index (χ3v) is 9.47. The topological polar surface area (TPSA) is 96.0 Å². The van der Waals surface area contributed by atoms with E-state index in [9.17, 15) is 9.59 Å². The third-order valence-electron chi connectivity index (χ3n) is 9.47. The monoisotopic (exact) mass is 779 g/mol. The van der Waals surface area contributed by atoms with Crippen LogP contribution < -0.4 is 0 Å². The number of hydrogen-bond donors (Lipinski definition) is 0. The van der Waals surface area contributed by atoms with Crippen molar-refractivity contribution in [3.8, 4) is 0 Å². The number of hydrogen-bond acceptors (Lipinski definition) is 10. The summed E-state index contributed by atoms with van der Waals surface area (Å²) >= 11 is 0. The van der Waals surface area contributed by atoms with Gasteiger partial charge in [0, 0.05) is 51.6 Å². The molecule has 10 nitrogen and oxygen atoms in total. The van der Waals surface area contributed by atoms with Crippen LogP contribution >= 0.6 is 0 Å². The zero-order chi connectivity index (χ0) is 40.2. The Morgan fingerprint density at radius 2 is 0.839 bits per heavy atom. The molecule has 0 aromatic rings. The number of rotatable bonds is 6. The van der Waals surface area contributed by atoms with Crippen LogP contribution in [0.4, 0.5) is 0 Å². The minimum atomic E-state index is -0.689. The van der Waals surface area contributed by atoms with Crippen molar-refractivity contribution < 1.29 is 38.0 Å². The summed E-state index contributed by atoms with van der Waals surface area (Å²) in [6, 6.07) is 0. The predicted molar refractivity (Wildman–Crippen MR) is 224 cm³/mol. The number of esters is 2. The van der Waals surface area contributed by atoms with Crippen molar-refractivity contribution >= 4 is 11.9 Å². The van der Waals surface area contributed by atoms with Crippen LogP contribution in [0.3, 0.4) is 0 Å². The quantitative estimate of drug-likeness (QED) is 0.194. The molecule has 2 atom stereocenters. The van der Waals surface area contributed by atoms with Crippen molar-refractivity contribution in [3.63, 3.8) is 0 Å². The molecule has 3 heterocycles. The fourth-order valence-electron chi connectivity index (χ4n) is 6.25. The van der Waals surface area contributed by atoms with Gasteiger partial charge in [-0.2, -0.15) is 0 Å². The van der Waals surface area contributed by atoms with Crippen LogP contribution in [0.5, 0.6) is 0 Å². The maximum absolute atomic E-state index is 12.2. The summed E-state index contributed by atoms with van der Waals surface area (Å²) in [6.45, 7) is 3.58. The predicted octanol–water partition coefficient (Wildman–Crippen LogP) is 8.34. The summed E-state index contributed by atoms with van der Waals surface area (Å²) in [5, 5.41) is 0. The number of cyclic esters (lactones) is 2. The fourth-order valence-corrected chi connectivity index (χ4v) is 6.25. The molecule has 0 amide bonds. The average Bonchev–Trinajstić information content (AvgIpc) is 3.78. The Morgan fingerprint density at radius 3 is 1.20 bits per heavy atom. The average molecular weight is 779 g/mol. The Labute approximate surface area is 337 Å². The van der Waals surface area contributed by atoms with Gasteiger partial charge in [0.1, 0.15) is 13.2 Å². The Balaban J connectivity index is 1.55. The first-order valence-corrected chi connectivity index (χ1v) is 20.6. The van der Waals surface area contributed by atoms with Gasteiger partial charge in [0.15, 0.2) is 11.6 Å². The van der Waals surface area contributed by atoms with Gasteiger partial charge in [0.2, 0.25) is 0 Å². The largest absolute Gasteiger partial charge is 0.461 e. The lowest BCUT2D eigenvalue weighted by molar-refractivity contribution is -0.163. The Kier molecular flexibility index (Phi) is 23.6. The van der Waals surface area contributed by atoms with Crippen LogP contribution in [-0.2, 0) is 38.0 Å².